The molecule has 0 saturated carbocycles. The number of aryl methyl sites for hydroxylation is 3. The molecule has 0 bridgehead atoms. The summed E-state index contributed by atoms with van der Waals surface area (Å²) in [6.45, 7) is 10.6. The first-order chi connectivity index (χ1) is 15.4. The Labute approximate surface area is 190 Å². The zero-order valence-corrected chi connectivity index (χ0v) is 19.4. The van der Waals surface area contributed by atoms with E-state index in [-0.39, 0.29) is 17.9 Å². The highest BCUT2D eigenvalue weighted by molar-refractivity contribution is 5.79. The van der Waals surface area contributed by atoms with Gasteiger partial charge < -0.3 is 9.84 Å². The number of likely N-dealkylation sites (tertiary alicyclic amines) is 1. The molecule has 1 N–H and O–H groups in total. The number of carbonyl (C=O) groups is 1. The van der Waals surface area contributed by atoms with Gasteiger partial charge in [-0.1, -0.05) is 47.6 Å². The summed E-state index contributed by atoms with van der Waals surface area (Å²) in [6.07, 6.45) is 1.68. The number of nitrogens with zero attached hydrogens (tertiary/aromatic N) is 3. The predicted molar refractivity (Wildman–Crippen MR) is 125 cm³/mol. The van der Waals surface area contributed by atoms with Crippen molar-refractivity contribution >= 4 is 5.91 Å². The second kappa shape index (κ2) is 9.65. The number of amides is 1. The molecule has 1 amide bonds. The number of nitrogens with one attached hydrogen (secondary N) is 1. The first-order valence-corrected chi connectivity index (χ1v) is 11.4. The monoisotopic (exact) mass is 432 g/mol. The fourth-order valence-corrected chi connectivity index (χ4v) is 4.25. The Kier molecular flexibility index (Phi) is 6.70. The van der Waals surface area contributed by atoms with Crippen LogP contribution in [0.3, 0.4) is 0 Å². The molecule has 2 heterocycles. The summed E-state index contributed by atoms with van der Waals surface area (Å²) >= 11 is 0. The van der Waals surface area contributed by atoms with Crippen molar-refractivity contribution in [1.82, 2.24) is 20.4 Å². The predicted octanol–water partition coefficient (Wildman–Crippen LogP) is 4.75. The van der Waals surface area contributed by atoms with E-state index in [1.807, 2.05) is 31.2 Å². The summed E-state index contributed by atoms with van der Waals surface area (Å²) < 4.78 is 5.49. The summed E-state index contributed by atoms with van der Waals surface area (Å²) in [5, 5.41) is 7.36. The van der Waals surface area contributed by atoms with Crippen LogP contribution in [0.5, 0.6) is 0 Å². The van der Waals surface area contributed by atoms with Crippen LogP contribution in [-0.2, 0) is 11.3 Å². The second-order valence-corrected chi connectivity index (χ2v) is 8.95. The van der Waals surface area contributed by atoms with E-state index < -0.39 is 0 Å². The van der Waals surface area contributed by atoms with Crippen LogP contribution in [-0.4, -0.2) is 34.0 Å². The van der Waals surface area contributed by atoms with E-state index in [0.717, 1.165) is 42.6 Å². The molecule has 1 aliphatic heterocycles. The van der Waals surface area contributed by atoms with Gasteiger partial charge in [-0.15, -0.1) is 0 Å². The molecule has 6 nitrogen and oxygen atoms in total. The number of hydrogen-bond donors (Lipinski definition) is 1. The smallest absolute Gasteiger partial charge is 0.241 e. The average molecular weight is 433 g/mol. The topological polar surface area (TPSA) is 71.3 Å². The van der Waals surface area contributed by atoms with Crippen molar-refractivity contribution in [2.45, 2.75) is 53.1 Å². The fourth-order valence-electron chi connectivity index (χ4n) is 4.25. The Balaban J connectivity index is 1.28. The zero-order chi connectivity index (χ0) is 22.7. The van der Waals surface area contributed by atoms with E-state index in [1.165, 1.54) is 11.1 Å². The molecule has 32 heavy (non-hydrogen) atoms. The Bertz CT molecular complexity index is 1080. The molecule has 0 aliphatic carbocycles. The molecule has 1 atom stereocenters. The molecular weight excluding hydrogens is 400 g/mol. The highest BCUT2D eigenvalue weighted by Crippen LogP contribution is 2.23. The minimum Gasteiger partial charge on any atom is -0.349 e. The van der Waals surface area contributed by atoms with Crippen LogP contribution in [0.25, 0.3) is 11.4 Å². The molecule has 6 heteroatoms. The highest BCUT2D eigenvalue weighted by atomic mass is 16.5. The lowest BCUT2D eigenvalue weighted by molar-refractivity contribution is -0.127. The van der Waals surface area contributed by atoms with Crippen LogP contribution in [0.2, 0.25) is 0 Å². The van der Waals surface area contributed by atoms with Gasteiger partial charge in [0, 0.05) is 11.5 Å². The van der Waals surface area contributed by atoms with E-state index in [0.29, 0.717) is 18.3 Å². The van der Waals surface area contributed by atoms with E-state index in [1.54, 1.807) is 0 Å². The van der Waals surface area contributed by atoms with Gasteiger partial charge in [0.05, 0.1) is 12.6 Å². The summed E-state index contributed by atoms with van der Waals surface area (Å²) in [6, 6.07) is 14.4. The maximum absolute atomic E-state index is 12.8. The molecule has 1 saturated heterocycles. The molecule has 0 spiro atoms. The maximum Gasteiger partial charge on any atom is 0.241 e. The lowest BCUT2D eigenvalue weighted by Crippen LogP contribution is -2.41. The number of hydrogen-bond acceptors (Lipinski definition) is 5. The summed E-state index contributed by atoms with van der Waals surface area (Å²) in [5.41, 5.74) is 5.80. The van der Waals surface area contributed by atoms with Crippen molar-refractivity contribution in [1.29, 1.82) is 0 Å². The highest BCUT2D eigenvalue weighted by Gasteiger charge is 2.27. The van der Waals surface area contributed by atoms with E-state index in [2.05, 4.69) is 59.3 Å². The number of piperidine rings is 1. The number of rotatable bonds is 6. The standard InChI is InChI=1S/C26H32N4O2/c1-17-9-10-22(15-19(17)3)20(4)27-26(31)21-11-13-30(14-12-21)16-24-28-25(29-32-24)23-8-6-5-7-18(23)2/h5-10,15,20-21H,11-14,16H2,1-4H3,(H,27,31). The van der Waals surface area contributed by atoms with Crippen LogP contribution in [0, 0.1) is 26.7 Å². The molecular formula is C26H32N4O2. The summed E-state index contributed by atoms with van der Waals surface area (Å²) in [5.74, 6) is 1.45. The Morgan fingerprint density at radius 3 is 2.56 bits per heavy atom. The summed E-state index contributed by atoms with van der Waals surface area (Å²) in [4.78, 5) is 19.7. The lowest BCUT2D eigenvalue weighted by atomic mass is 9.95. The third-order valence-corrected chi connectivity index (χ3v) is 6.56. The molecule has 1 aliphatic rings. The Hall–Kier alpha value is -2.99. The van der Waals surface area contributed by atoms with Crippen molar-refractivity contribution in [3.63, 3.8) is 0 Å². The first kappa shape index (κ1) is 22.2. The van der Waals surface area contributed by atoms with Crippen molar-refractivity contribution in [3.8, 4) is 11.4 Å². The van der Waals surface area contributed by atoms with Gasteiger partial charge in [-0.25, -0.2) is 0 Å². The van der Waals surface area contributed by atoms with E-state index in [9.17, 15) is 4.79 Å². The maximum atomic E-state index is 12.8. The summed E-state index contributed by atoms with van der Waals surface area (Å²) in [7, 11) is 0. The van der Waals surface area contributed by atoms with Crippen LogP contribution < -0.4 is 5.32 Å². The van der Waals surface area contributed by atoms with Gasteiger partial charge in [-0.05, 0) is 75.9 Å². The molecule has 1 aromatic heterocycles. The lowest BCUT2D eigenvalue weighted by Gasteiger charge is -2.31. The van der Waals surface area contributed by atoms with Gasteiger partial charge in [0.15, 0.2) is 0 Å². The van der Waals surface area contributed by atoms with Crippen LogP contribution in [0.15, 0.2) is 47.0 Å². The molecule has 168 valence electrons. The SMILES string of the molecule is Cc1ccc(C(C)NC(=O)C2CCN(Cc3nc(-c4ccccc4C)no3)CC2)cc1C. The van der Waals surface area contributed by atoms with Crippen LogP contribution in [0.4, 0.5) is 0 Å². The van der Waals surface area contributed by atoms with Crippen LogP contribution in [0.1, 0.15) is 54.0 Å². The van der Waals surface area contributed by atoms with Crippen molar-refractivity contribution in [3.05, 3.63) is 70.6 Å². The minimum absolute atomic E-state index is 0.0121. The number of benzene rings is 2. The fraction of sp³-hybridized carbons (Fsp3) is 0.423. The third kappa shape index (κ3) is 5.07. The number of carbonyl (C=O) groups excluding carboxylic acids is 1. The van der Waals surface area contributed by atoms with Crippen molar-refractivity contribution in [2.24, 2.45) is 5.92 Å². The van der Waals surface area contributed by atoms with Gasteiger partial charge in [0.25, 0.3) is 0 Å². The Morgan fingerprint density at radius 2 is 1.84 bits per heavy atom. The van der Waals surface area contributed by atoms with Gasteiger partial charge >= 0.3 is 0 Å². The van der Waals surface area contributed by atoms with E-state index >= 15 is 0 Å². The minimum atomic E-state index is 0.0121. The second-order valence-electron chi connectivity index (χ2n) is 8.95. The zero-order valence-electron chi connectivity index (χ0n) is 19.4. The molecule has 1 fully saturated rings. The average Bonchev–Trinajstić information content (AvgIpc) is 3.24. The first-order valence-electron chi connectivity index (χ1n) is 11.4. The van der Waals surface area contributed by atoms with Crippen LogP contribution >= 0.6 is 0 Å². The number of aromatic nitrogens is 2. The molecule has 4 rings (SSSR count). The quantitative estimate of drug-likeness (QED) is 0.609. The molecule has 2 aromatic carbocycles. The Morgan fingerprint density at radius 1 is 1.09 bits per heavy atom. The normalized spacial score (nSPS) is 16.1. The largest absolute Gasteiger partial charge is 0.349 e. The molecule has 1 unspecified atom stereocenters. The van der Waals surface area contributed by atoms with Gasteiger partial charge in [0.2, 0.25) is 17.6 Å². The van der Waals surface area contributed by atoms with E-state index in [4.69, 9.17) is 4.52 Å². The molecule has 3 aromatic rings. The van der Waals surface area contributed by atoms with Crippen molar-refractivity contribution in [2.75, 3.05) is 13.1 Å². The van der Waals surface area contributed by atoms with Gasteiger partial charge in [0.1, 0.15) is 0 Å². The third-order valence-electron chi connectivity index (χ3n) is 6.56. The van der Waals surface area contributed by atoms with Crippen molar-refractivity contribution < 1.29 is 9.32 Å². The van der Waals surface area contributed by atoms with Gasteiger partial charge in [-0.3, -0.25) is 9.69 Å². The molecule has 0 radical (unpaired) electrons. The van der Waals surface area contributed by atoms with Gasteiger partial charge in [-0.2, -0.15) is 4.98 Å².